The van der Waals surface area contributed by atoms with Gasteiger partial charge in [-0.25, -0.2) is 0 Å². The van der Waals surface area contributed by atoms with Crippen molar-refractivity contribution in [3.8, 4) is 0 Å². The van der Waals surface area contributed by atoms with Gasteiger partial charge in [0.2, 0.25) is 0 Å². The number of hydrogen-bond acceptors (Lipinski definition) is 6. The van der Waals surface area contributed by atoms with Gasteiger partial charge >= 0.3 is 17.6 Å². The van der Waals surface area contributed by atoms with Gasteiger partial charge in [0.05, 0.1) is 0 Å². The molecule has 138 valence electrons. The van der Waals surface area contributed by atoms with E-state index in [0.717, 1.165) is 0 Å². The maximum atomic E-state index is 5.84. The predicted octanol–water partition coefficient (Wildman–Crippen LogP) is 3.18. The van der Waals surface area contributed by atoms with E-state index in [1.54, 1.807) is 0 Å². The number of rotatable bonds is 15. The van der Waals surface area contributed by atoms with Crippen LogP contribution < -0.4 is 0 Å². The quantitative estimate of drug-likeness (QED) is 0.415. The second-order valence-corrected chi connectivity index (χ2v) is 9.54. The average Bonchev–Trinajstić information content (AvgIpc) is 2.49. The van der Waals surface area contributed by atoms with E-state index in [9.17, 15) is 0 Å². The van der Waals surface area contributed by atoms with Crippen molar-refractivity contribution >= 4 is 17.6 Å². The molecule has 0 N–H and O–H groups in total. The van der Waals surface area contributed by atoms with Gasteiger partial charge in [-0.3, -0.25) is 0 Å². The summed E-state index contributed by atoms with van der Waals surface area (Å²) < 4.78 is 34.9. The van der Waals surface area contributed by atoms with E-state index in [1.807, 2.05) is 53.3 Å². The van der Waals surface area contributed by atoms with Crippen LogP contribution in [0.4, 0.5) is 0 Å². The summed E-state index contributed by atoms with van der Waals surface area (Å²) in [6.45, 7) is 15.0. The first-order chi connectivity index (χ1) is 11.1. The van der Waals surface area contributed by atoms with Crippen molar-refractivity contribution in [2.24, 2.45) is 0 Å². The molecular formula is C15H34O6Si2. The number of hydrogen-bond donors (Lipinski definition) is 0. The van der Waals surface area contributed by atoms with Crippen LogP contribution in [0.2, 0.25) is 6.04 Å². The van der Waals surface area contributed by atoms with Crippen LogP contribution in [0, 0.1) is 0 Å². The molecule has 0 aromatic heterocycles. The molecule has 23 heavy (non-hydrogen) atoms. The van der Waals surface area contributed by atoms with Gasteiger partial charge in [-0.1, -0.05) is 6.08 Å². The van der Waals surface area contributed by atoms with Gasteiger partial charge in [0.15, 0.2) is 0 Å². The van der Waals surface area contributed by atoms with Crippen molar-refractivity contribution in [3.63, 3.8) is 0 Å². The molecule has 6 nitrogen and oxygen atoms in total. The van der Waals surface area contributed by atoms with E-state index in [1.165, 1.54) is 0 Å². The summed E-state index contributed by atoms with van der Waals surface area (Å²) in [4.78, 5) is 0. The maximum Gasteiger partial charge on any atom is 0.529 e. The average molecular weight is 367 g/mol. The fraction of sp³-hybridized carbons (Fsp3) is 0.867. The lowest BCUT2D eigenvalue weighted by atomic mass is 10.8. The van der Waals surface area contributed by atoms with Gasteiger partial charge in [-0.05, 0) is 47.2 Å². The first-order valence-corrected chi connectivity index (χ1v) is 12.3. The third-order valence-corrected chi connectivity index (χ3v) is 8.46. The van der Waals surface area contributed by atoms with Crippen LogP contribution in [0.15, 0.2) is 11.8 Å². The zero-order valence-electron chi connectivity index (χ0n) is 15.6. The van der Waals surface area contributed by atoms with Gasteiger partial charge < -0.3 is 26.6 Å². The summed E-state index contributed by atoms with van der Waals surface area (Å²) in [5, 5.41) is 0. The van der Waals surface area contributed by atoms with E-state index < -0.39 is 17.6 Å². The van der Waals surface area contributed by atoms with E-state index in [4.69, 9.17) is 26.6 Å². The lowest BCUT2D eigenvalue weighted by Gasteiger charge is -2.28. The molecule has 0 aliphatic rings. The molecule has 0 rings (SSSR count). The molecule has 0 aliphatic carbocycles. The Hall–Kier alpha value is -0.0662. The zero-order valence-corrected chi connectivity index (χ0v) is 17.6. The third-order valence-electron chi connectivity index (χ3n) is 2.82. The third kappa shape index (κ3) is 8.55. The van der Waals surface area contributed by atoms with Crippen molar-refractivity contribution in [3.05, 3.63) is 11.8 Å². The second kappa shape index (κ2) is 13.2. The van der Waals surface area contributed by atoms with Crippen LogP contribution in [0.1, 0.15) is 41.5 Å². The molecule has 0 aromatic carbocycles. The van der Waals surface area contributed by atoms with Crippen LogP contribution in [0.3, 0.4) is 0 Å². The van der Waals surface area contributed by atoms with Crippen LogP contribution in [0.5, 0.6) is 0 Å². The minimum absolute atomic E-state index is 0.543. The van der Waals surface area contributed by atoms with Crippen molar-refractivity contribution in [2.75, 3.05) is 39.6 Å². The summed E-state index contributed by atoms with van der Waals surface area (Å²) in [7, 11) is -5.48. The van der Waals surface area contributed by atoms with Crippen LogP contribution >= 0.6 is 0 Å². The molecule has 0 unspecified atom stereocenters. The topological polar surface area (TPSA) is 55.4 Å². The molecule has 0 amide bonds. The Morgan fingerprint density at radius 3 is 1.22 bits per heavy atom. The van der Waals surface area contributed by atoms with Crippen LogP contribution in [-0.2, 0) is 26.6 Å². The lowest BCUT2D eigenvalue weighted by molar-refractivity contribution is 0.0741. The molecule has 0 aliphatic heterocycles. The van der Waals surface area contributed by atoms with Crippen LogP contribution in [0.25, 0.3) is 0 Å². The molecule has 0 atom stereocenters. The molecular weight excluding hydrogens is 332 g/mol. The summed E-state index contributed by atoms with van der Waals surface area (Å²) in [6.07, 6.45) is 1.97. The first-order valence-electron chi connectivity index (χ1n) is 8.58. The monoisotopic (exact) mass is 366 g/mol. The largest absolute Gasteiger partial charge is 0.529 e. The Bertz CT molecular complexity index is 280. The first kappa shape index (κ1) is 22.9. The van der Waals surface area contributed by atoms with Crippen molar-refractivity contribution in [2.45, 2.75) is 47.6 Å². The summed E-state index contributed by atoms with van der Waals surface area (Å²) in [6, 6.07) is 0.574. The van der Waals surface area contributed by atoms with Gasteiger partial charge in [-0.15, -0.1) is 0 Å². The smallest absolute Gasteiger partial charge is 0.374 e. The second-order valence-electron chi connectivity index (χ2n) is 4.49. The predicted molar refractivity (Wildman–Crippen MR) is 95.2 cm³/mol. The Morgan fingerprint density at radius 2 is 0.913 bits per heavy atom. The minimum Gasteiger partial charge on any atom is -0.374 e. The highest BCUT2D eigenvalue weighted by Crippen LogP contribution is 2.19. The molecule has 0 bridgehead atoms. The minimum atomic E-state index is -2.79. The summed E-state index contributed by atoms with van der Waals surface area (Å²) in [5.41, 5.74) is 1.92. The highest BCUT2D eigenvalue weighted by molar-refractivity contribution is 6.67. The lowest BCUT2D eigenvalue weighted by Crippen LogP contribution is -2.47. The standard InChI is InChI=1S/C15H34O6Si2/c1-7-16-22(17-8-2,18-9-3)14-13-15-23(19-10-4,20-11-5)21-12-6/h13-14H,7-12,15H2,1-6H3/b14-13+. The highest BCUT2D eigenvalue weighted by atomic mass is 28.4. The van der Waals surface area contributed by atoms with Gasteiger partial charge in [0.25, 0.3) is 0 Å². The molecule has 0 fully saturated rings. The van der Waals surface area contributed by atoms with E-state index in [2.05, 4.69) is 0 Å². The Morgan fingerprint density at radius 1 is 0.565 bits per heavy atom. The Labute approximate surface area is 143 Å². The number of allylic oxidation sites excluding steroid dienone is 1. The van der Waals surface area contributed by atoms with Gasteiger partial charge in [-0.2, -0.15) is 0 Å². The molecule has 0 saturated carbocycles. The normalized spacial score (nSPS) is 13.1. The molecule has 0 aromatic rings. The Kier molecular flexibility index (Phi) is 13.2. The van der Waals surface area contributed by atoms with E-state index in [-0.39, 0.29) is 0 Å². The molecule has 0 spiro atoms. The van der Waals surface area contributed by atoms with Crippen LogP contribution in [-0.4, -0.2) is 57.3 Å². The van der Waals surface area contributed by atoms with E-state index in [0.29, 0.717) is 45.7 Å². The SMILES string of the molecule is CCO[Si](/C=C/C[Si](OCC)(OCC)OCC)(OCC)OCC. The van der Waals surface area contributed by atoms with Crippen molar-refractivity contribution < 1.29 is 26.6 Å². The molecule has 0 saturated heterocycles. The summed E-state index contributed by atoms with van der Waals surface area (Å²) in [5.74, 6) is 0. The van der Waals surface area contributed by atoms with Gasteiger partial charge in [0, 0.05) is 45.7 Å². The fourth-order valence-electron chi connectivity index (χ4n) is 2.18. The van der Waals surface area contributed by atoms with Crippen molar-refractivity contribution in [1.82, 2.24) is 0 Å². The Balaban J connectivity index is 5.13. The fourth-order valence-corrected chi connectivity index (χ4v) is 6.90. The maximum absolute atomic E-state index is 5.84. The summed E-state index contributed by atoms with van der Waals surface area (Å²) >= 11 is 0. The molecule has 0 heterocycles. The van der Waals surface area contributed by atoms with Gasteiger partial charge in [0.1, 0.15) is 0 Å². The molecule has 8 heteroatoms. The molecule has 0 radical (unpaired) electrons. The van der Waals surface area contributed by atoms with Crippen molar-refractivity contribution in [1.29, 1.82) is 0 Å². The highest BCUT2D eigenvalue weighted by Gasteiger charge is 2.41. The van der Waals surface area contributed by atoms with E-state index >= 15 is 0 Å². The zero-order chi connectivity index (χ0) is 17.6.